The fourth-order valence-electron chi connectivity index (χ4n) is 1.73. The molecule has 3 aromatic rings. The van der Waals surface area contributed by atoms with Crippen LogP contribution in [0, 0.1) is 0 Å². The van der Waals surface area contributed by atoms with Gasteiger partial charge >= 0.3 is 0 Å². The maximum Gasteiger partial charge on any atom is 0.134 e. The molecule has 0 aliphatic carbocycles. The second kappa shape index (κ2) is 4.04. The topological polar surface area (TPSA) is 109 Å². The minimum atomic E-state index is 0.360. The Hall–Kier alpha value is -2.54. The van der Waals surface area contributed by atoms with Crippen LogP contribution in [-0.2, 0) is 6.54 Å². The predicted molar refractivity (Wildman–Crippen MR) is 66.8 cm³/mol. The summed E-state index contributed by atoms with van der Waals surface area (Å²) in [4.78, 5) is 8.11. The summed E-state index contributed by atoms with van der Waals surface area (Å²) >= 11 is 0. The summed E-state index contributed by atoms with van der Waals surface area (Å²) in [7, 11) is 0. The van der Waals surface area contributed by atoms with Crippen molar-refractivity contribution in [2.75, 3.05) is 5.73 Å². The minimum absolute atomic E-state index is 0.360. The number of nitrogens with zero attached hydrogens (tertiary/aromatic N) is 5. The molecular weight excluding hydrogens is 230 g/mol. The first kappa shape index (κ1) is 10.6. The van der Waals surface area contributed by atoms with Crippen LogP contribution in [0.4, 0.5) is 5.82 Å². The van der Waals surface area contributed by atoms with Crippen LogP contribution >= 0.6 is 0 Å². The first-order valence-electron chi connectivity index (χ1n) is 5.40. The van der Waals surface area contributed by atoms with Crippen LogP contribution in [0.15, 0.2) is 30.7 Å². The van der Waals surface area contributed by atoms with E-state index in [1.54, 1.807) is 10.9 Å². The average molecular weight is 241 g/mol. The van der Waals surface area contributed by atoms with Gasteiger partial charge in [0, 0.05) is 11.9 Å². The third-order valence-electron chi connectivity index (χ3n) is 2.66. The lowest BCUT2D eigenvalue weighted by Crippen LogP contribution is -1.98. The Kier molecular flexibility index (Phi) is 2.38. The Balaban J connectivity index is 2.15. The molecule has 2 aromatic heterocycles. The van der Waals surface area contributed by atoms with Crippen molar-refractivity contribution < 1.29 is 0 Å². The second-order valence-electron chi connectivity index (χ2n) is 3.82. The maximum atomic E-state index is 5.82. The minimum Gasteiger partial charge on any atom is -0.383 e. The van der Waals surface area contributed by atoms with E-state index in [0.717, 1.165) is 22.3 Å². The molecule has 0 spiro atoms. The predicted octanol–water partition coefficient (Wildman–Crippen LogP) is 0.251. The van der Waals surface area contributed by atoms with Crippen molar-refractivity contribution in [1.29, 1.82) is 0 Å². The lowest BCUT2D eigenvalue weighted by Gasteiger charge is -2.03. The van der Waals surface area contributed by atoms with E-state index >= 15 is 0 Å². The number of rotatable bonds is 2. The van der Waals surface area contributed by atoms with Gasteiger partial charge in [-0.3, -0.25) is 0 Å². The normalized spacial score (nSPS) is 10.9. The summed E-state index contributed by atoms with van der Waals surface area (Å²) < 4.78 is 1.65. The quantitative estimate of drug-likeness (QED) is 0.665. The van der Waals surface area contributed by atoms with Gasteiger partial charge in [-0.25, -0.2) is 14.6 Å². The zero-order chi connectivity index (χ0) is 12.5. The van der Waals surface area contributed by atoms with Gasteiger partial charge in [-0.05, 0) is 18.2 Å². The van der Waals surface area contributed by atoms with Gasteiger partial charge < -0.3 is 11.5 Å². The largest absolute Gasteiger partial charge is 0.383 e. The smallest absolute Gasteiger partial charge is 0.134 e. The summed E-state index contributed by atoms with van der Waals surface area (Å²) in [6, 6.07) is 5.63. The molecule has 2 heterocycles. The van der Waals surface area contributed by atoms with E-state index in [4.69, 9.17) is 11.5 Å². The van der Waals surface area contributed by atoms with Crippen LogP contribution in [0.3, 0.4) is 0 Å². The van der Waals surface area contributed by atoms with Crippen LogP contribution in [-0.4, -0.2) is 25.0 Å². The van der Waals surface area contributed by atoms with Gasteiger partial charge in [-0.15, -0.1) is 5.10 Å². The van der Waals surface area contributed by atoms with E-state index in [0.29, 0.717) is 12.4 Å². The molecule has 0 bridgehead atoms. The standard InChI is InChI=1S/C11H11N7/c12-4-7-5-18(17-16-7)8-1-2-10-9(3-8)11(13)15-6-14-10/h1-3,5-6H,4,12H2,(H2,13,14,15). The van der Waals surface area contributed by atoms with Crippen molar-refractivity contribution in [3.8, 4) is 5.69 Å². The molecule has 0 aliphatic heterocycles. The highest BCUT2D eigenvalue weighted by molar-refractivity contribution is 5.89. The van der Waals surface area contributed by atoms with E-state index in [2.05, 4.69) is 20.3 Å². The number of nitrogens with two attached hydrogens (primary N) is 2. The molecular formula is C11H11N7. The Morgan fingerprint density at radius 3 is 2.89 bits per heavy atom. The van der Waals surface area contributed by atoms with Crippen LogP contribution in [0.1, 0.15) is 5.69 Å². The molecule has 0 fully saturated rings. The number of anilines is 1. The van der Waals surface area contributed by atoms with Gasteiger partial charge in [0.2, 0.25) is 0 Å². The van der Waals surface area contributed by atoms with E-state index in [-0.39, 0.29) is 0 Å². The van der Waals surface area contributed by atoms with E-state index in [9.17, 15) is 0 Å². The van der Waals surface area contributed by atoms with Crippen molar-refractivity contribution >= 4 is 16.7 Å². The van der Waals surface area contributed by atoms with Crippen molar-refractivity contribution in [2.45, 2.75) is 6.54 Å². The molecule has 0 unspecified atom stereocenters. The van der Waals surface area contributed by atoms with Gasteiger partial charge in [0.15, 0.2) is 0 Å². The molecule has 3 rings (SSSR count). The summed E-state index contributed by atoms with van der Waals surface area (Å²) in [5, 5.41) is 8.73. The summed E-state index contributed by atoms with van der Waals surface area (Å²) in [5.74, 6) is 0.445. The SMILES string of the molecule is NCc1cn(-c2ccc3ncnc(N)c3c2)nn1. The number of nitrogen functional groups attached to an aromatic ring is 1. The number of benzene rings is 1. The first-order chi connectivity index (χ1) is 8.78. The molecule has 0 aliphatic rings. The highest BCUT2D eigenvalue weighted by Crippen LogP contribution is 2.19. The van der Waals surface area contributed by atoms with E-state index in [1.165, 1.54) is 6.33 Å². The molecule has 0 radical (unpaired) electrons. The highest BCUT2D eigenvalue weighted by Gasteiger charge is 2.05. The highest BCUT2D eigenvalue weighted by atomic mass is 15.4. The fourth-order valence-corrected chi connectivity index (χ4v) is 1.73. The zero-order valence-corrected chi connectivity index (χ0v) is 9.48. The molecule has 1 aromatic carbocycles. The van der Waals surface area contributed by atoms with Gasteiger partial charge in [0.1, 0.15) is 12.1 Å². The number of hydrogen-bond donors (Lipinski definition) is 2. The Labute approximate surface area is 102 Å². The number of fused-ring (bicyclic) bond motifs is 1. The summed E-state index contributed by atoms with van der Waals surface area (Å²) in [5.41, 5.74) is 13.7. The molecule has 7 nitrogen and oxygen atoms in total. The van der Waals surface area contributed by atoms with Gasteiger partial charge in [0.05, 0.1) is 23.1 Å². The van der Waals surface area contributed by atoms with Crippen molar-refractivity contribution in [3.05, 3.63) is 36.4 Å². The van der Waals surface area contributed by atoms with Crippen LogP contribution in [0.25, 0.3) is 16.6 Å². The Morgan fingerprint density at radius 1 is 1.22 bits per heavy atom. The van der Waals surface area contributed by atoms with Gasteiger partial charge in [-0.1, -0.05) is 5.21 Å². The third kappa shape index (κ3) is 1.66. The van der Waals surface area contributed by atoms with Crippen molar-refractivity contribution in [2.24, 2.45) is 5.73 Å². The van der Waals surface area contributed by atoms with Gasteiger partial charge in [0.25, 0.3) is 0 Å². The van der Waals surface area contributed by atoms with Crippen LogP contribution in [0.5, 0.6) is 0 Å². The third-order valence-corrected chi connectivity index (χ3v) is 2.66. The Morgan fingerprint density at radius 2 is 2.11 bits per heavy atom. The Bertz CT molecular complexity index is 703. The van der Waals surface area contributed by atoms with Crippen molar-refractivity contribution in [1.82, 2.24) is 25.0 Å². The lowest BCUT2D eigenvalue weighted by molar-refractivity contribution is 0.797. The monoisotopic (exact) mass is 241 g/mol. The fraction of sp³-hybridized carbons (Fsp3) is 0.0909. The van der Waals surface area contributed by atoms with Crippen LogP contribution in [0.2, 0.25) is 0 Å². The second-order valence-corrected chi connectivity index (χ2v) is 3.82. The molecule has 0 saturated heterocycles. The molecule has 0 atom stereocenters. The van der Waals surface area contributed by atoms with E-state index in [1.807, 2.05) is 18.2 Å². The van der Waals surface area contributed by atoms with E-state index < -0.39 is 0 Å². The molecule has 4 N–H and O–H groups in total. The zero-order valence-electron chi connectivity index (χ0n) is 9.48. The number of aromatic nitrogens is 5. The molecule has 0 amide bonds. The summed E-state index contributed by atoms with van der Waals surface area (Å²) in [6.07, 6.45) is 3.22. The lowest BCUT2D eigenvalue weighted by atomic mass is 10.2. The summed E-state index contributed by atoms with van der Waals surface area (Å²) in [6.45, 7) is 0.360. The molecule has 90 valence electrons. The van der Waals surface area contributed by atoms with Gasteiger partial charge in [-0.2, -0.15) is 0 Å². The molecule has 18 heavy (non-hydrogen) atoms. The average Bonchev–Trinajstić information content (AvgIpc) is 2.88. The molecule has 0 saturated carbocycles. The van der Waals surface area contributed by atoms with Crippen molar-refractivity contribution in [3.63, 3.8) is 0 Å². The maximum absolute atomic E-state index is 5.82. The van der Waals surface area contributed by atoms with Crippen LogP contribution < -0.4 is 11.5 Å². The first-order valence-corrected chi connectivity index (χ1v) is 5.40. The number of hydrogen-bond acceptors (Lipinski definition) is 6. The molecule has 7 heteroatoms.